The van der Waals surface area contributed by atoms with Crippen molar-refractivity contribution >= 4 is 24.0 Å². The monoisotopic (exact) mass is 308 g/mol. The second-order valence-electron chi connectivity index (χ2n) is 4.48. The van der Waals surface area contributed by atoms with Gasteiger partial charge < -0.3 is 10.4 Å². The molecule has 2 rings (SSSR count). The van der Waals surface area contributed by atoms with Gasteiger partial charge in [-0.05, 0) is 24.6 Å². The standard InChI is InChI=1S/C13H18ClFN2O.ClH/c14-10-1-2-12(15)11(9-10)13(3-8-18)17-6-4-16-5-7-17;/h1-2,9,13,16,18H,3-8H2;1H/t13-;/m1./s1. The lowest BCUT2D eigenvalue weighted by Crippen LogP contribution is -2.45. The quantitative estimate of drug-likeness (QED) is 0.895. The predicted molar refractivity (Wildman–Crippen MR) is 77.5 cm³/mol. The first-order valence-electron chi connectivity index (χ1n) is 6.23. The molecular formula is C13H19Cl2FN2O. The van der Waals surface area contributed by atoms with Crippen molar-refractivity contribution in [2.75, 3.05) is 32.8 Å². The Labute approximate surface area is 124 Å². The molecule has 1 fully saturated rings. The minimum atomic E-state index is -0.253. The SMILES string of the molecule is Cl.OCC[C@H](c1cc(Cl)ccc1F)N1CCNCC1. The maximum atomic E-state index is 13.9. The van der Waals surface area contributed by atoms with Crippen LogP contribution in [0, 0.1) is 5.82 Å². The van der Waals surface area contributed by atoms with Crippen LogP contribution in [0.1, 0.15) is 18.0 Å². The minimum absolute atomic E-state index is 0. The van der Waals surface area contributed by atoms with E-state index in [2.05, 4.69) is 10.2 Å². The highest BCUT2D eigenvalue weighted by Crippen LogP contribution is 2.28. The summed E-state index contributed by atoms with van der Waals surface area (Å²) in [5.41, 5.74) is 0.582. The Kier molecular flexibility index (Phi) is 7.04. The van der Waals surface area contributed by atoms with Crippen LogP contribution in [0.2, 0.25) is 5.02 Å². The third kappa shape index (κ3) is 4.29. The number of benzene rings is 1. The van der Waals surface area contributed by atoms with E-state index in [1.807, 2.05) is 0 Å². The van der Waals surface area contributed by atoms with Crippen LogP contribution >= 0.6 is 24.0 Å². The van der Waals surface area contributed by atoms with Crippen LogP contribution < -0.4 is 5.32 Å². The third-order valence-corrected chi connectivity index (χ3v) is 3.55. The average Bonchev–Trinajstić information content (AvgIpc) is 2.40. The van der Waals surface area contributed by atoms with Gasteiger partial charge in [0.25, 0.3) is 0 Å². The second-order valence-corrected chi connectivity index (χ2v) is 4.92. The summed E-state index contributed by atoms with van der Waals surface area (Å²) in [6.07, 6.45) is 0.525. The lowest BCUT2D eigenvalue weighted by Gasteiger charge is -2.35. The molecule has 1 atom stereocenters. The Balaban J connectivity index is 0.00000180. The van der Waals surface area contributed by atoms with Crippen LogP contribution in [-0.4, -0.2) is 42.8 Å². The lowest BCUT2D eigenvalue weighted by molar-refractivity contribution is 0.138. The van der Waals surface area contributed by atoms with E-state index in [0.717, 1.165) is 26.2 Å². The molecule has 2 N–H and O–H groups in total. The van der Waals surface area contributed by atoms with E-state index in [0.29, 0.717) is 17.0 Å². The van der Waals surface area contributed by atoms with Crippen molar-refractivity contribution < 1.29 is 9.50 Å². The Morgan fingerprint density at radius 2 is 2.05 bits per heavy atom. The number of hydrogen-bond acceptors (Lipinski definition) is 3. The van der Waals surface area contributed by atoms with Crippen LogP contribution in [-0.2, 0) is 0 Å². The molecule has 0 unspecified atom stereocenters. The van der Waals surface area contributed by atoms with Gasteiger partial charge in [0.2, 0.25) is 0 Å². The van der Waals surface area contributed by atoms with E-state index < -0.39 is 0 Å². The van der Waals surface area contributed by atoms with E-state index in [4.69, 9.17) is 11.6 Å². The zero-order valence-electron chi connectivity index (χ0n) is 10.6. The molecule has 19 heavy (non-hydrogen) atoms. The summed E-state index contributed by atoms with van der Waals surface area (Å²) in [6.45, 7) is 3.54. The van der Waals surface area contributed by atoms with E-state index in [1.165, 1.54) is 6.07 Å². The fraction of sp³-hybridized carbons (Fsp3) is 0.538. The van der Waals surface area contributed by atoms with Gasteiger partial charge in [0.15, 0.2) is 0 Å². The molecular weight excluding hydrogens is 290 g/mol. The first kappa shape index (κ1) is 16.7. The van der Waals surface area contributed by atoms with Gasteiger partial charge in [-0.3, -0.25) is 4.90 Å². The Morgan fingerprint density at radius 1 is 1.37 bits per heavy atom. The third-order valence-electron chi connectivity index (χ3n) is 3.31. The summed E-state index contributed by atoms with van der Waals surface area (Å²) in [6, 6.07) is 4.51. The molecule has 0 aromatic heterocycles. The molecule has 1 aromatic rings. The zero-order chi connectivity index (χ0) is 13.0. The average molecular weight is 309 g/mol. The normalized spacial score (nSPS) is 17.8. The minimum Gasteiger partial charge on any atom is -0.396 e. The number of nitrogens with one attached hydrogen (secondary N) is 1. The molecule has 1 aliphatic heterocycles. The van der Waals surface area contributed by atoms with Crippen LogP contribution in [0.15, 0.2) is 18.2 Å². The molecule has 0 bridgehead atoms. The second kappa shape index (κ2) is 8.02. The number of rotatable bonds is 4. The van der Waals surface area contributed by atoms with Gasteiger partial charge in [0.1, 0.15) is 5.82 Å². The highest BCUT2D eigenvalue weighted by molar-refractivity contribution is 6.30. The molecule has 1 saturated heterocycles. The van der Waals surface area contributed by atoms with Crippen molar-refractivity contribution in [3.8, 4) is 0 Å². The molecule has 1 aromatic carbocycles. The summed E-state index contributed by atoms with van der Waals surface area (Å²) in [4.78, 5) is 2.20. The summed E-state index contributed by atoms with van der Waals surface area (Å²) in [5, 5.41) is 13.0. The Bertz CT molecular complexity index is 400. The van der Waals surface area contributed by atoms with Gasteiger partial charge in [0, 0.05) is 49.4 Å². The molecule has 108 valence electrons. The number of aliphatic hydroxyl groups is 1. The van der Waals surface area contributed by atoms with Crippen molar-refractivity contribution in [2.45, 2.75) is 12.5 Å². The summed E-state index contributed by atoms with van der Waals surface area (Å²) < 4.78 is 13.9. The van der Waals surface area contributed by atoms with Crippen LogP contribution in [0.25, 0.3) is 0 Å². The first-order valence-corrected chi connectivity index (χ1v) is 6.60. The van der Waals surface area contributed by atoms with Crippen molar-refractivity contribution in [2.24, 2.45) is 0 Å². The number of halogens is 3. The zero-order valence-corrected chi connectivity index (χ0v) is 12.2. The smallest absolute Gasteiger partial charge is 0.128 e. The maximum Gasteiger partial charge on any atom is 0.128 e. The fourth-order valence-electron chi connectivity index (χ4n) is 2.42. The highest BCUT2D eigenvalue weighted by Gasteiger charge is 2.24. The van der Waals surface area contributed by atoms with E-state index in [1.54, 1.807) is 12.1 Å². The van der Waals surface area contributed by atoms with Gasteiger partial charge in [-0.15, -0.1) is 12.4 Å². The first-order chi connectivity index (χ1) is 8.72. The van der Waals surface area contributed by atoms with E-state index in [-0.39, 0.29) is 30.9 Å². The molecule has 1 aliphatic rings. The molecule has 1 heterocycles. The number of piperazine rings is 1. The van der Waals surface area contributed by atoms with Crippen molar-refractivity contribution in [3.63, 3.8) is 0 Å². The largest absolute Gasteiger partial charge is 0.396 e. The molecule has 6 heteroatoms. The Hall–Kier alpha value is -0.390. The van der Waals surface area contributed by atoms with Gasteiger partial charge in [0.05, 0.1) is 0 Å². The van der Waals surface area contributed by atoms with Crippen molar-refractivity contribution in [1.82, 2.24) is 10.2 Å². The summed E-state index contributed by atoms with van der Waals surface area (Å²) in [7, 11) is 0. The van der Waals surface area contributed by atoms with Crippen molar-refractivity contribution in [3.05, 3.63) is 34.6 Å². The van der Waals surface area contributed by atoms with Gasteiger partial charge >= 0.3 is 0 Å². The lowest BCUT2D eigenvalue weighted by atomic mass is 10.0. The Morgan fingerprint density at radius 3 is 2.68 bits per heavy atom. The van der Waals surface area contributed by atoms with Crippen LogP contribution in [0.5, 0.6) is 0 Å². The topological polar surface area (TPSA) is 35.5 Å². The summed E-state index contributed by atoms with van der Waals surface area (Å²) in [5.74, 6) is -0.253. The molecule has 0 amide bonds. The van der Waals surface area contributed by atoms with Gasteiger partial charge in [-0.1, -0.05) is 11.6 Å². The van der Waals surface area contributed by atoms with E-state index in [9.17, 15) is 9.50 Å². The maximum absolute atomic E-state index is 13.9. The number of hydrogen-bond donors (Lipinski definition) is 2. The van der Waals surface area contributed by atoms with Gasteiger partial charge in [-0.2, -0.15) is 0 Å². The number of nitrogens with zero attached hydrogens (tertiary/aromatic N) is 1. The van der Waals surface area contributed by atoms with Crippen molar-refractivity contribution in [1.29, 1.82) is 0 Å². The van der Waals surface area contributed by atoms with Gasteiger partial charge in [-0.25, -0.2) is 4.39 Å². The molecule has 0 aliphatic carbocycles. The number of aliphatic hydroxyl groups excluding tert-OH is 1. The highest BCUT2D eigenvalue weighted by atomic mass is 35.5. The van der Waals surface area contributed by atoms with Crippen LogP contribution in [0.4, 0.5) is 4.39 Å². The summed E-state index contributed by atoms with van der Waals surface area (Å²) >= 11 is 5.94. The molecule has 0 spiro atoms. The van der Waals surface area contributed by atoms with Crippen LogP contribution in [0.3, 0.4) is 0 Å². The fourth-order valence-corrected chi connectivity index (χ4v) is 2.60. The molecule has 0 saturated carbocycles. The molecule has 3 nitrogen and oxygen atoms in total. The van der Waals surface area contributed by atoms with E-state index >= 15 is 0 Å². The molecule has 0 radical (unpaired) electrons. The predicted octanol–water partition coefficient (Wildman–Crippen LogP) is 2.23.